The van der Waals surface area contributed by atoms with Crippen molar-refractivity contribution < 1.29 is 29.4 Å². The Morgan fingerprint density at radius 3 is 1.64 bits per heavy atom. The van der Waals surface area contributed by atoms with Crippen molar-refractivity contribution in [3.63, 3.8) is 0 Å². The average Bonchev–Trinajstić information content (AvgIpc) is 2.54. The predicted octanol–water partition coefficient (Wildman–Crippen LogP) is 1.63. The molecule has 25 heavy (non-hydrogen) atoms. The highest BCUT2D eigenvalue weighted by atomic mass is 16.4. The van der Waals surface area contributed by atoms with Crippen LogP contribution in [0.25, 0.3) is 0 Å². The summed E-state index contributed by atoms with van der Waals surface area (Å²) in [5, 5.41) is 16.9. The Bertz CT molecular complexity index is 565. The monoisotopic (exact) mass is 352 g/mol. The maximum Gasteiger partial charge on any atom is 0.335 e. The largest absolute Gasteiger partial charge is 0.478 e. The predicted molar refractivity (Wildman–Crippen MR) is 91.0 cm³/mol. The highest BCUT2D eigenvalue weighted by molar-refractivity contribution is 5.91. The molecule has 0 saturated carbocycles. The van der Waals surface area contributed by atoms with Crippen molar-refractivity contribution in [1.29, 1.82) is 0 Å². The SMILES string of the molecule is CC(CCCCCC(N)=O)C(N)=O.O=C(O)c1ccc(C(=O)O)cc1. The molecule has 0 aliphatic rings. The number of carboxylic acids is 2. The molecule has 8 heteroatoms. The number of rotatable bonds is 9. The van der Waals surface area contributed by atoms with Crippen LogP contribution in [-0.4, -0.2) is 34.0 Å². The highest BCUT2D eigenvalue weighted by Crippen LogP contribution is 2.09. The van der Waals surface area contributed by atoms with Crippen LogP contribution in [0, 0.1) is 5.92 Å². The van der Waals surface area contributed by atoms with E-state index in [2.05, 4.69) is 0 Å². The number of hydrogen-bond donors (Lipinski definition) is 4. The number of carboxylic acid groups (broad SMARTS) is 2. The molecular formula is C17H24N2O6. The first-order valence-electron chi connectivity index (χ1n) is 7.79. The van der Waals surface area contributed by atoms with Gasteiger partial charge < -0.3 is 21.7 Å². The normalized spacial score (nSPS) is 10.9. The second-order valence-corrected chi connectivity index (χ2v) is 5.56. The van der Waals surface area contributed by atoms with Gasteiger partial charge in [-0.05, 0) is 37.1 Å². The van der Waals surface area contributed by atoms with Gasteiger partial charge in [-0.1, -0.05) is 19.8 Å². The third kappa shape index (κ3) is 10.5. The lowest BCUT2D eigenvalue weighted by Crippen LogP contribution is -2.20. The van der Waals surface area contributed by atoms with Gasteiger partial charge in [0.25, 0.3) is 0 Å². The Morgan fingerprint density at radius 2 is 1.32 bits per heavy atom. The van der Waals surface area contributed by atoms with Crippen LogP contribution in [-0.2, 0) is 9.59 Å². The van der Waals surface area contributed by atoms with E-state index in [1.807, 2.05) is 6.92 Å². The summed E-state index contributed by atoms with van der Waals surface area (Å²) in [6, 6.07) is 5.02. The van der Waals surface area contributed by atoms with E-state index in [0.29, 0.717) is 6.42 Å². The summed E-state index contributed by atoms with van der Waals surface area (Å²) in [6.45, 7) is 1.82. The molecule has 0 aliphatic heterocycles. The molecule has 2 amide bonds. The van der Waals surface area contributed by atoms with Crippen LogP contribution < -0.4 is 11.5 Å². The molecule has 1 atom stereocenters. The number of benzene rings is 1. The molecule has 0 heterocycles. The fraction of sp³-hybridized carbons (Fsp3) is 0.412. The van der Waals surface area contributed by atoms with Crippen molar-refractivity contribution >= 4 is 23.8 Å². The molecule has 1 aromatic carbocycles. The van der Waals surface area contributed by atoms with E-state index in [1.54, 1.807) is 0 Å². The van der Waals surface area contributed by atoms with E-state index >= 15 is 0 Å². The van der Waals surface area contributed by atoms with E-state index in [-0.39, 0.29) is 28.9 Å². The maximum atomic E-state index is 10.6. The Kier molecular flexibility index (Phi) is 10.3. The zero-order chi connectivity index (χ0) is 19.4. The minimum absolute atomic E-state index is 0.0615. The third-order valence-corrected chi connectivity index (χ3v) is 3.42. The topological polar surface area (TPSA) is 161 Å². The van der Waals surface area contributed by atoms with Gasteiger partial charge in [-0.15, -0.1) is 0 Å². The first-order chi connectivity index (χ1) is 11.6. The molecule has 0 spiro atoms. The lowest BCUT2D eigenvalue weighted by Gasteiger charge is -2.05. The van der Waals surface area contributed by atoms with Crippen molar-refractivity contribution in [1.82, 2.24) is 0 Å². The molecule has 1 rings (SSSR count). The smallest absolute Gasteiger partial charge is 0.335 e. The van der Waals surface area contributed by atoms with Crippen LogP contribution in [0.1, 0.15) is 59.7 Å². The molecule has 0 saturated heterocycles. The maximum absolute atomic E-state index is 10.6. The Morgan fingerprint density at radius 1 is 0.880 bits per heavy atom. The summed E-state index contributed by atoms with van der Waals surface area (Å²) >= 11 is 0. The van der Waals surface area contributed by atoms with Gasteiger partial charge >= 0.3 is 11.9 Å². The van der Waals surface area contributed by atoms with Gasteiger partial charge in [0.05, 0.1) is 11.1 Å². The van der Waals surface area contributed by atoms with Crippen LogP contribution in [0.5, 0.6) is 0 Å². The van der Waals surface area contributed by atoms with Crippen molar-refractivity contribution in [2.75, 3.05) is 0 Å². The second kappa shape index (κ2) is 11.6. The number of nitrogens with two attached hydrogens (primary N) is 2. The molecule has 1 aromatic rings. The van der Waals surface area contributed by atoms with Crippen molar-refractivity contribution in [2.45, 2.75) is 39.0 Å². The summed E-state index contributed by atoms with van der Waals surface area (Å²) in [4.78, 5) is 41.6. The fourth-order valence-electron chi connectivity index (χ4n) is 1.82. The fourth-order valence-corrected chi connectivity index (χ4v) is 1.82. The summed E-state index contributed by atoms with van der Waals surface area (Å²) in [7, 11) is 0. The lowest BCUT2D eigenvalue weighted by atomic mass is 10.0. The van der Waals surface area contributed by atoms with Crippen LogP contribution in [0.15, 0.2) is 24.3 Å². The zero-order valence-electron chi connectivity index (χ0n) is 14.1. The standard InChI is InChI=1S/C9H18N2O2.C8H6O4/c1-7(9(11)13)5-3-2-4-6-8(10)12;9-7(10)5-1-2-6(4-3-5)8(11)12/h7H,2-6H2,1H3,(H2,10,12)(H2,11,13);1-4H,(H,9,10)(H,11,12). The van der Waals surface area contributed by atoms with E-state index in [9.17, 15) is 19.2 Å². The van der Waals surface area contributed by atoms with Gasteiger partial charge in [0.15, 0.2) is 0 Å². The molecule has 138 valence electrons. The number of hydrogen-bond acceptors (Lipinski definition) is 4. The molecule has 8 nitrogen and oxygen atoms in total. The average molecular weight is 352 g/mol. The molecule has 6 N–H and O–H groups in total. The van der Waals surface area contributed by atoms with Gasteiger partial charge in [-0.2, -0.15) is 0 Å². The van der Waals surface area contributed by atoms with Crippen LogP contribution >= 0.6 is 0 Å². The summed E-state index contributed by atoms with van der Waals surface area (Å²) < 4.78 is 0. The molecule has 1 unspecified atom stereocenters. The first kappa shape index (κ1) is 22.1. The van der Waals surface area contributed by atoms with Gasteiger partial charge in [0.2, 0.25) is 11.8 Å². The van der Waals surface area contributed by atoms with Crippen LogP contribution in [0.2, 0.25) is 0 Å². The van der Waals surface area contributed by atoms with Crippen LogP contribution in [0.3, 0.4) is 0 Å². The van der Waals surface area contributed by atoms with E-state index in [0.717, 1.165) is 25.7 Å². The van der Waals surface area contributed by atoms with E-state index in [4.69, 9.17) is 21.7 Å². The molecule has 0 bridgehead atoms. The van der Waals surface area contributed by atoms with Gasteiger partial charge in [0, 0.05) is 12.3 Å². The summed E-state index contributed by atoms with van der Waals surface area (Å²) in [5.74, 6) is -2.70. The van der Waals surface area contributed by atoms with E-state index < -0.39 is 11.9 Å². The molecule has 0 radical (unpaired) electrons. The number of aromatic carboxylic acids is 2. The van der Waals surface area contributed by atoms with Crippen molar-refractivity contribution in [3.8, 4) is 0 Å². The number of primary amides is 2. The van der Waals surface area contributed by atoms with Crippen molar-refractivity contribution in [3.05, 3.63) is 35.4 Å². The quantitative estimate of drug-likeness (QED) is 0.494. The molecule has 0 aromatic heterocycles. The minimum Gasteiger partial charge on any atom is -0.478 e. The number of amides is 2. The molecular weight excluding hydrogens is 328 g/mol. The van der Waals surface area contributed by atoms with Crippen LogP contribution in [0.4, 0.5) is 0 Å². The summed E-state index contributed by atoms with van der Waals surface area (Å²) in [5.41, 5.74) is 10.2. The second-order valence-electron chi connectivity index (χ2n) is 5.56. The van der Waals surface area contributed by atoms with E-state index in [1.165, 1.54) is 24.3 Å². The number of unbranched alkanes of at least 4 members (excludes halogenated alkanes) is 2. The van der Waals surface area contributed by atoms with Gasteiger partial charge in [-0.3, -0.25) is 9.59 Å². The Hall–Kier alpha value is -2.90. The lowest BCUT2D eigenvalue weighted by molar-refractivity contribution is -0.121. The third-order valence-electron chi connectivity index (χ3n) is 3.42. The minimum atomic E-state index is -1.06. The Labute approximate surface area is 145 Å². The number of carbonyl (C=O) groups excluding carboxylic acids is 2. The van der Waals surface area contributed by atoms with Gasteiger partial charge in [-0.25, -0.2) is 9.59 Å². The van der Waals surface area contributed by atoms with Crippen molar-refractivity contribution in [2.24, 2.45) is 17.4 Å². The number of carbonyl (C=O) groups is 4. The zero-order valence-corrected chi connectivity index (χ0v) is 14.1. The van der Waals surface area contributed by atoms with Gasteiger partial charge in [0.1, 0.15) is 0 Å². The molecule has 0 fully saturated rings. The highest BCUT2D eigenvalue weighted by Gasteiger charge is 2.07. The summed E-state index contributed by atoms with van der Waals surface area (Å²) in [6.07, 6.45) is 3.90. The molecule has 0 aliphatic carbocycles. The first-order valence-corrected chi connectivity index (χ1v) is 7.79. The Balaban J connectivity index is 0.000000462.